The Morgan fingerprint density at radius 2 is 1.70 bits per heavy atom. The fourth-order valence-electron chi connectivity index (χ4n) is 8.46. The maximum Gasteiger partial charge on any atom is 0.391 e. The van der Waals surface area contributed by atoms with Gasteiger partial charge in [0.2, 0.25) is 27.7 Å². The first-order chi connectivity index (χ1) is 28.7. The van der Waals surface area contributed by atoms with E-state index in [0.717, 1.165) is 5.56 Å². The van der Waals surface area contributed by atoms with E-state index in [-0.39, 0.29) is 51.7 Å². The molecule has 0 unspecified atom stereocenters. The molecule has 2 aliphatic carbocycles. The number of sulfonamides is 1. The highest BCUT2D eigenvalue weighted by molar-refractivity contribution is 7.91. The van der Waals surface area contributed by atoms with Gasteiger partial charge in [-0.1, -0.05) is 57.2 Å². The van der Waals surface area contributed by atoms with Crippen LogP contribution in [-0.4, -0.2) is 103 Å². The number of amides is 4. The van der Waals surface area contributed by atoms with Gasteiger partial charge in [0.1, 0.15) is 29.2 Å². The zero-order chi connectivity index (χ0) is 44.1. The number of piperidine rings is 1. The molecular weight excluding hydrogens is 816 g/mol. The predicted octanol–water partition coefficient (Wildman–Crippen LogP) is 5.78. The van der Waals surface area contributed by atoms with Crippen LogP contribution in [0.2, 0.25) is 0 Å². The van der Waals surface area contributed by atoms with E-state index in [2.05, 4.69) is 16.6 Å². The van der Waals surface area contributed by atoms with Gasteiger partial charge >= 0.3 is 6.18 Å². The first-order valence-corrected chi connectivity index (χ1v) is 22.1. The van der Waals surface area contributed by atoms with Crippen LogP contribution in [0.4, 0.5) is 13.2 Å². The molecule has 2 aliphatic heterocycles. The summed E-state index contributed by atoms with van der Waals surface area (Å²) >= 11 is 0. The summed E-state index contributed by atoms with van der Waals surface area (Å²) in [4.78, 5) is 64.4. The molecule has 5 atom stereocenters. The second kappa shape index (κ2) is 16.6. The molecule has 17 heteroatoms. The molecule has 7 rings (SSSR count). The smallest absolute Gasteiger partial charge is 0.391 e. The van der Waals surface area contributed by atoms with Crippen molar-refractivity contribution in [2.45, 2.75) is 94.8 Å². The molecule has 13 nitrogen and oxygen atoms in total. The van der Waals surface area contributed by atoms with Crippen LogP contribution >= 0.6 is 0 Å². The second-order valence-corrected chi connectivity index (χ2v) is 19.7. The number of carbonyl (C=O) groups is 4. The Kier molecular flexibility index (Phi) is 11.9. The van der Waals surface area contributed by atoms with E-state index in [1.807, 2.05) is 30.3 Å². The molecule has 2 saturated carbocycles. The van der Waals surface area contributed by atoms with Gasteiger partial charge in [0.15, 0.2) is 0 Å². The van der Waals surface area contributed by atoms with Gasteiger partial charge in [-0.25, -0.2) is 13.4 Å². The number of benzene rings is 2. The number of nitrogens with zero attached hydrogens (tertiary/aromatic N) is 3. The number of aromatic nitrogens is 1. The van der Waals surface area contributed by atoms with E-state index in [0.29, 0.717) is 40.9 Å². The first kappa shape index (κ1) is 43.9. The minimum atomic E-state index is -4.36. The van der Waals surface area contributed by atoms with E-state index in [1.165, 1.54) is 15.9 Å². The van der Waals surface area contributed by atoms with Crippen molar-refractivity contribution in [2.24, 2.45) is 23.2 Å². The molecule has 4 aliphatic rings. The summed E-state index contributed by atoms with van der Waals surface area (Å²) in [6.45, 7) is 8.81. The first-order valence-electron chi connectivity index (χ1n) is 20.6. The van der Waals surface area contributed by atoms with Gasteiger partial charge in [-0.2, -0.15) is 13.2 Å². The van der Waals surface area contributed by atoms with Crippen LogP contribution in [-0.2, 0) is 29.2 Å². The van der Waals surface area contributed by atoms with Crippen LogP contribution in [0.3, 0.4) is 0 Å². The number of pyridine rings is 1. The van der Waals surface area contributed by atoms with Crippen molar-refractivity contribution in [3.8, 4) is 22.8 Å². The Labute approximate surface area is 353 Å². The third-order valence-corrected chi connectivity index (χ3v) is 14.3. The molecule has 3 aromatic rings. The van der Waals surface area contributed by atoms with Gasteiger partial charge in [0.25, 0.3) is 5.91 Å². The van der Waals surface area contributed by atoms with Crippen LogP contribution in [0.1, 0.15) is 65.7 Å². The third-order valence-electron chi connectivity index (χ3n) is 12.5. The Morgan fingerprint density at radius 1 is 1.02 bits per heavy atom. The summed E-state index contributed by atoms with van der Waals surface area (Å²) in [6.07, 6.45) is -3.56. The van der Waals surface area contributed by atoms with E-state index >= 15 is 0 Å². The Balaban J connectivity index is 1.19. The topological polar surface area (TPSA) is 164 Å². The summed E-state index contributed by atoms with van der Waals surface area (Å²) in [5, 5.41) is 2.74. The number of rotatable bonds is 13. The molecule has 3 heterocycles. The quantitative estimate of drug-likeness (QED) is 0.203. The summed E-state index contributed by atoms with van der Waals surface area (Å²) < 4.78 is 80.2. The normalized spacial score (nSPS) is 23.9. The average molecular weight is 868 g/mol. The van der Waals surface area contributed by atoms with Crippen molar-refractivity contribution in [1.29, 1.82) is 0 Å². The summed E-state index contributed by atoms with van der Waals surface area (Å²) in [7, 11) is -2.42. The number of nitrogens with one attached hydrogen (secondary N) is 2. The number of carbonyl (C=O) groups excluding carboxylic acids is 4. The minimum absolute atomic E-state index is 0.0369. The molecule has 4 fully saturated rings. The van der Waals surface area contributed by atoms with E-state index in [9.17, 15) is 40.8 Å². The van der Waals surface area contributed by atoms with E-state index in [4.69, 9.17) is 14.5 Å². The van der Waals surface area contributed by atoms with Crippen molar-refractivity contribution in [1.82, 2.24) is 24.8 Å². The summed E-state index contributed by atoms with van der Waals surface area (Å²) in [6, 6.07) is 15.3. The van der Waals surface area contributed by atoms with E-state index < -0.39 is 85.9 Å². The number of methoxy groups -OCH3 is 1. The molecule has 0 bridgehead atoms. The minimum Gasteiger partial charge on any atom is -0.497 e. The molecule has 328 valence electrons. The molecule has 1 aromatic heterocycles. The van der Waals surface area contributed by atoms with Crippen LogP contribution in [0.25, 0.3) is 22.2 Å². The lowest BCUT2D eigenvalue weighted by Gasteiger charge is -2.37. The number of halogens is 3. The zero-order valence-electron chi connectivity index (χ0n) is 34.7. The van der Waals surface area contributed by atoms with Gasteiger partial charge in [0.05, 0.1) is 42.0 Å². The van der Waals surface area contributed by atoms with Gasteiger partial charge in [-0.15, -0.1) is 6.58 Å². The molecule has 2 aromatic carbocycles. The van der Waals surface area contributed by atoms with Crippen LogP contribution in [0.5, 0.6) is 11.5 Å². The van der Waals surface area contributed by atoms with Crippen molar-refractivity contribution in [3.05, 3.63) is 67.3 Å². The maximum absolute atomic E-state index is 14.9. The lowest BCUT2D eigenvalue weighted by atomic mass is 9.77. The Hall–Kier alpha value is -5.19. The largest absolute Gasteiger partial charge is 0.497 e. The van der Waals surface area contributed by atoms with E-state index in [1.54, 1.807) is 52.1 Å². The monoisotopic (exact) mass is 867 g/mol. The number of ether oxygens (including phenoxy) is 2. The van der Waals surface area contributed by atoms with Crippen molar-refractivity contribution in [2.75, 3.05) is 26.7 Å². The zero-order valence-corrected chi connectivity index (χ0v) is 35.5. The molecule has 2 N–H and O–H groups in total. The molecule has 0 radical (unpaired) electrons. The number of likely N-dealkylation sites (tertiary alicyclic amines) is 2. The van der Waals surface area contributed by atoms with Crippen molar-refractivity contribution in [3.63, 3.8) is 0 Å². The predicted molar refractivity (Wildman–Crippen MR) is 220 cm³/mol. The van der Waals surface area contributed by atoms with Gasteiger partial charge in [-0.05, 0) is 49.7 Å². The van der Waals surface area contributed by atoms with Gasteiger partial charge < -0.3 is 24.6 Å². The third kappa shape index (κ3) is 9.36. The van der Waals surface area contributed by atoms with Crippen molar-refractivity contribution >= 4 is 44.6 Å². The second-order valence-electron chi connectivity index (χ2n) is 17.7. The maximum atomic E-state index is 14.9. The van der Waals surface area contributed by atoms with Crippen molar-refractivity contribution < 1.29 is 50.2 Å². The molecule has 2 saturated heterocycles. The molecular formula is C44H52F3N5O8S. The summed E-state index contributed by atoms with van der Waals surface area (Å²) in [5.41, 5.74) is -0.488. The highest BCUT2D eigenvalue weighted by atomic mass is 32.2. The fourth-order valence-corrected chi connectivity index (χ4v) is 9.82. The Morgan fingerprint density at radius 3 is 2.30 bits per heavy atom. The molecule has 0 spiro atoms. The lowest BCUT2D eigenvalue weighted by molar-refractivity contribution is -0.186. The lowest BCUT2D eigenvalue weighted by Crippen LogP contribution is -2.57. The highest BCUT2D eigenvalue weighted by Gasteiger charge is 2.62. The SMILES string of the molecule is C=C[C@@H]1C[C@]1(NC(=O)[C@@H]1C[C@@H](Oc2cc(-c3ccccc3)nc3cc(OC)ccc23)CN1C(=O)[C@@H](CC(=O)N1CCC(C(F)(F)F)CC1)C(C)(C)C)C(=O)NS(=O)(=O)C1CC1. The van der Waals surface area contributed by atoms with Crippen LogP contribution in [0.15, 0.2) is 67.3 Å². The number of alkyl halides is 3. The number of fused-ring (bicyclic) bond motifs is 1. The van der Waals surface area contributed by atoms with Crippen LogP contribution in [0, 0.1) is 23.2 Å². The van der Waals surface area contributed by atoms with Gasteiger partial charge in [0, 0.05) is 54.9 Å². The standard InChI is InChI=1S/C44H52F3N5O8S/c1-6-27-24-43(27,41(56)50-61(57,58)31-13-14-31)49-39(54)36-21-30(60-37-23-34(26-10-8-7-9-11-26)48-35-20-29(59-5)12-15-32(35)37)25-52(36)40(55)33(42(2,3)4)22-38(53)51-18-16-28(17-19-51)44(45,46)47/h6-12,15,20,23,27-28,30-31,33,36H,1,13-14,16-19,21-22,24-25H2,2-5H3,(H,49,54)(H,50,56)/t27-,30-,33-,36+,43-/m1/s1. The number of hydrogen-bond donors (Lipinski definition) is 2. The Bertz CT molecular complexity index is 2310. The molecule has 61 heavy (non-hydrogen) atoms. The molecule has 4 amide bonds. The van der Waals surface area contributed by atoms with Gasteiger partial charge in [-0.3, -0.25) is 23.9 Å². The average Bonchev–Trinajstić information content (AvgIpc) is 4.15. The fraction of sp³-hybridized carbons (Fsp3) is 0.523. The number of hydrogen-bond acceptors (Lipinski definition) is 9. The van der Waals surface area contributed by atoms with Crippen LogP contribution < -0.4 is 19.5 Å². The summed E-state index contributed by atoms with van der Waals surface area (Å²) in [5.74, 6) is -4.72. The highest BCUT2D eigenvalue weighted by Crippen LogP contribution is 2.46.